The molecule has 11 aromatic rings. The van der Waals surface area contributed by atoms with Gasteiger partial charge in [-0.05, 0) is 110 Å². The topological polar surface area (TPSA) is 33.9 Å². The zero-order valence-electron chi connectivity index (χ0n) is 28.4. The van der Waals surface area contributed by atoms with Crippen LogP contribution in [0.4, 0.5) is 22.7 Å². The molecule has 11 rings (SSSR count). The summed E-state index contributed by atoms with van der Waals surface area (Å²) in [5.41, 5.74) is 9.51. The van der Waals surface area contributed by atoms with Gasteiger partial charge in [0.2, 0.25) is 0 Å². The van der Waals surface area contributed by atoms with Crippen LogP contribution in [0.15, 0.2) is 179 Å². The molecule has 0 atom stereocenters. The number of fused-ring (bicyclic) bond motifs is 10. The van der Waals surface area contributed by atoms with Gasteiger partial charge in [-0.25, -0.2) is 4.85 Å². The van der Waals surface area contributed by atoms with E-state index in [0.29, 0.717) is 5.69 Å². The monoisotopic (exact) mass is 676 g/mol. The van der Waals surface area contributed by atoms with Crippen molar-refractivity contribution in [3.05, 3.63) is 181 Å². The number of hydrogen-bond donors (Lipinski definition) is 0. The lowest BCUT2D eigenvalue weighted by atomic mass is 9.98. The SMILES string of the molecule is [C-]#[N+]c1ccc(-c2ccc3cc(N(c4ccc5ccc6cc7oc8ccccc8c7cc6c5c4)c4cccc5oc6ccccc6c45)ccc3c2)cc1. The molecule has 0 aliphatic heterocycles. The lowest BCUT2D eigenvalue weighted by Crippen LogP contribution is -2.10. The van der Waals surface area contributed by atoms with E-state index in [-0.39, 0.29) is 0 Å². The fourth-order valence-electron chi connectivity index (χ4n) is 8.05. The Morgan fingerprint density at radius 2 is 1.02 bits per heavy atom. The van der Waals surface area contributed by atoms with Crippen LogP contribution in [0.1, 0.15) is 0 Å². The van der Waals surface area contributed by atoms with Crippen molar-refractivity contribution in [3.8, 4) is 11.1 Å². The maximum atomic E-state index is 7.32. The van der Waals surface area contributed by atoms with Crippen LogP contribution in [0, 0.1) is 6.57 Å². The second-order valence-corrected chi connectivity index (χ2v) is 13.6. The minimum absolute atomic E-state index is 0.643. The summed E-state index contributed by atoms with van der Waals surface area (Å²) in [7, 11) is 0. The summed E-state index contributed by atoms with van der Waals surface area (Å²) in [6.45, 7) is 7.32. The van der Waals surface area contributed by atoms with Gasteiger partial charge < -0.3 is 13.7 Å². The lowest BCUT2D eigenvalue weighted by Gasteiger charge is -2.27. The first-order chi connectivity index (χ1) is 26.2. The van der Waals surface area contributed by atoms with E-state index in [1.807, 2.05) is 48.5 Å². The van der Waals surface area contributed by atoms with Crippen molar-refractivity contribution in [1.82, 2.24) is 0 Å². The number of anilines is 3. The van der Waals surface area contributed by atoms with E-state index < -0.39 is 0 Å². The maximum absolute atomic E-state index is 7.32. The Hall–Kier alpha value is -7.35. The molecule has 9 aromatic carbocycles. The Morgan fingerprint density at radius 1 is 0.396 bits per heavy atom. The molecule has 2 aromatic heterocycles. The fraction of sp³-hybridized carbons (Fsp3) is 0. The van der Waals surface area contributed by atoms with Crippen LogP contribution in [0.25, 0.3) is 92.2 Å². The number of nitrogens with zero attached hydrogens (tertiary/aromatic N) is 2. The van der Waals surface area contributed by atoms with Crippen molar-refractivity contribution < 1.29 is 8.83 Å². The minimum Gasteiger partial charge on any atom is -0.456 e. The van der Waals surface area contributed by atoms with Gasteiger partial charge in [-0.1, -0.05) is 103 Å². The first-order valence-corrected chi connectivity index (χ1v) is 17.7. The van der Waals surface area contributed by atoms with Crippen molar-refractivity contribution >= 4 is 98.9 Å². The standard InChI is InChI=1S/C49H28N2O2/c1-50-36-21-17-30(18-22-36)32-14-15-34-26-37(24-20-33(34)25-32)51(44-9-6-12-47-49(44)40-8-3-5-11-46(40)52-47)38-23-19-31-13-16-35-27-48-43(29-42(35)41(31)28-38)39-7-2-4-10-45(39)53-48/h2-29H. The summed E-state index contributed by atoms with van der Waals surface area (Å²) < 4.78 is 12.7. The first kappa shape index (κ1) is 29.4. The molecule has 246 valence electrons. The van der Waals surface area contributed by atoms with E-state index >= 15 is 0 Å². The molecule has 0 radical (unpaired) electrons. The number of rotatable bonds is 4. The molecular weight excluding hydrogens is 649 g/mol. The number of hydrogen-bond acceptors (Lipinski definition) is 3. The van der Waals surface area contributed by atoms with E-state index in [1.54, 1.807) is 0 Å². The molecule has 0 fully saturated rings. The van der Waals surface area contributed by atoms with Gasteiger partial charge >= 0.3 is 0 Å². The lowest BCUT2D eigenvalue weighted by molar-refractivity contribution is 0.669. The molecule has 0 saturated heterocycles. The highest BCUT2D eigenvalue weighted by atomic mass is 16.3. The zero-order chi connectivity index (χ0) is 35.0. The third kappa shape index (κ3) is 4.62. The van der Waals surface area contributed by atoms with Gasteiger partial charge in [0.1, 0.15) is 22.3 Å². The van der Waals surface area contributed by atoms with Crippen LogP contribution >= 0.6 is 0 Å². The van der Waals surface area contributed by atoms with Gasteiger partial charge in [-0.3, -0.25) is 0 Å². The van der Waals surface area contributed by atoms with Crippen LogP contribution in [-0.4, -0.2) is 0 Å². The molecule has 0 aliphatic rings. The van der Waals surface area contributed by atoms with Gasteiger partial charge in [0.25, 0.3) is 0 Å². The predicted octanol–water partition coefficient (Wildman–Crippen LogP) is 14.6. The van der Waals surface area contributed by atoms with Crippen LogP contribution in [0.3, 0.4) is 0 Å². The average Bonchev–Trinajstić information content (AvgIpc) is 3.78. The van der Waals surface area contributed by atoms with Crippen molar-refractivity contribution in [3.63, 3.8) is 0 Å². The zero-order valence-corrected chi connectivity index (χ0v) is 28.4. The summed E-state index contributed by atoms with van der Waals surface area (Å²) in [4.78, 5) is 5.92. The molecule has 53 heavy (non-hydrogen) atoms. The van der Waals surface area contributed by atoms with Crippen LogP contribution in [0.2, 0.25) is 0 Å². The Balaban J connectivity index is 1.14. The summed E-state index contributed by atoms with van der Waals surface area (Å²) in [6, 6.07) is 59.6. The molecule has 0 bridgehead atoms. The average molecular weight is 677 g/mol. The Bertz CT molecular complexity index is 3310. The van der Waals surface area contributed by atoms with Crippen molar-refractivity contribution in [2.45, 2.75) is 0 Å². The minimum atomic E-state index is 0.643. The molecule has 4 heteroatoms. The van der Waals surface area contributed by atoms with E-state index in [2.05, 4.69) is 131 Å². The molecule has 0 saturated carbocycles. The van der Waals surface area contributed by atoms with Crippen LogP contribution in [0.5, 0.6) is 0 Å². The molecule has 2 heterocycles. The molecule has 0 unspecified atom stereocenters. The van der Waals surface area contributed by atoms with Gasteiger partial charge in [-0.15, -0.1) is 0 Å². The Labute approximate surface area is 304 Å². The van der Waals surface area contributed by atoms with Gasteiger partial charge in [0, 0.05) is 27.5 Å². The molecule has 0 aliphatic carbocycles. The second-order valence-electron chi connectivity index (χ2n) is 13.6. The predicted molar refractivity (Wildman–Crippen MR) is 220 cm³/mol. The van der Waals surface area contributed by atoms with E-state index in [9.17, 15) is 0 Å². The Kier molecular flexibility index (Phi) is 6.28. The summed E-state index contributed by atoms with van der Waals surface area (Å²) in [5.74, 6) is 0. The van der Waals surface area contributed by atoms with Crippen molar-refractivity contribution in [1.29, 1.82) is 0 Å². The fourth-order valence-corrected chi connectivity index (χ4v) is 8.05. The number of benzene rings is 9. The molecular formula is C49H28N2O2. The Morgan fingerprint density at radius 3 is 1.87 bits per heavy atom. The number of para-hydroxylation sites is 2. The van der Waals surface area contributed by atoms with Gasteiger partial charge in [-0.2, -0.15) is 0 Å². The van der Waals surface area contributed by atoms with E-state index in [0.717, 1.165) is 88.2 Å². The van der Waals surface area contributed by atoms with Crippen molar-refractivity contribution in [2.24, 2.45) is 0 Å². The largest absolute Gasteiger partial charge is 0.456 e. The third-order valence-corrected chi connectivity index (χ3v) is 10.6. The van der Waals surface area contributed by atoms with Gasteiger partial charge in [0.05, 0.1) is 17.6 Å². The second kappa shape index (κ2) is 11.3. The van der Waals surface area contributed by atoms with Crippen molar-refractivity contribution in [2.75, 3.05) is 4.90 Å². The summed E-state index contributed by atoms with van der Waals surface area (Å²) >= 11 is 0. The molecule has 0 spiro atoms. The third-order valence-electron chi connectivity index (χ3n) is 10.6. The highest BCUT2D eigenvalue weighted by molar-refractivity contribution is 6.18. The molecule has 0 amide bonds. The molecule has 4 nitrogen and oxygen atoms in total. The highest BCUT2D eigenvalue weighted by Crippen LogP contribution is 2.45. The quantitative estimate of drug-likeness (QED) is 0.137. The normalized spacial score (nSPS) is 11.8. The highest BCUT2D eigenvalue weighted by Gasteiger charge is 2.21. The van der Waals surface area contributed by atoms with Crippen LogP contribution in [-0.2, 0) is 0 Å². The van der Waals surface area contributed by atoms with Gasteiger partial charge in [0.15, 0.2) is 5.69 Å². The smallest absolute Gasteiger partial charge is 0.187 e. The maximum Gasteiger partial charge on any atom is 0.187 e. The number of furan rings is 2. The first-order valence-electron chi connectivity index (χ1n) is 17.7. The summed E-state index contributed by atoms with van der Waals surface area (Å²) in [5, 5.41) is 11.4. The molecule has 0 N–H and O–H groups in total. The van der Waals surface area contributed by atoms with Crippen LogP contribution < -0.4 is 4.90 Å². The van der Waals surface area contributed by atoms with E-state index in [1.165, 1.54) is 16.2 Å². The summed E-state index contributed by atoms with van der Waals surface area (Å²) in [6.07, 6.45) is 0. The van der Waals surface area contributed by atoms with E-state index in [4.69, 9.17) is 15.4 Å².